The molecule has 2 rings (SSSR count). The fourth-order valence-electron chi connectivity index (χ4n) is 3.06. The Morgan fingerprint density at radius 3 is 2.74 bits per heavy atom. The lowest BCUT2D eigenvalue weighted by Crippen LogP contribution is -2.51. The molecular weight excluding hydrogens is 294 g/mol. The second-order valence-corrected chi connectivity index (χ2v) is 5.89. The predicted molar refractivity (Wildman–Crippen MR) is 86.9 cm³/mol. The molecule has 0 amide bonds. The van der Waals surface area contributed by atoms with Crippen LogP contribution >= 0.6 is 0 Å². The third-order valence-corrected chi connectivity index (χ3v) is 4.40. The van der Waals surface area contributed by atoms with Crippen LogP contribution in [-0.2, 0) is 25.7 Å². The molecule has 3 unspecified atom stereocenters. The van der Waals surface area contributed by atoms with Crippen LogP contribution in [0.3, 0.4) is 0 Å². The van der Waals surface area contributed by atoms with E-state index >= 15 is 0 Å². The summed E-state index contributed by atoms with van der Waals surface area (Å²) >= 11 is 0. The van der Waals surface area contributed by atoms with E-state index in [0.29, 0.717) is 13.2 Å². The van der Waals surface area contributed by atoms with Gasteiger partial charge in [0.05, 0.1) is 25.9 Å². The monoisotopic (exact) mass is 319 g/mol. The van der Waals surface area contributed by atoms with Gasteiger partial charge in [-0.15, -0.1) is 0 Å². The van der Waals surface area contributed by atoms with Crippen molar-refractivity contribution in [3.05, 3.63) is 35.9 Å². The Bertz CT molecular complexity index is 505. The highest BCUT2D eigenvalue weighted by atomic mass is 16.5. The number of carbonyl (C=O) groups is 2. The predicted octanol–water partition coefficient (Wildman–Crippen LogP) is 2.19. The van der Waals surface area contributed by atoms with Gasteiger partial charge in [-0.1, -0.05) is 30.3 Å². The van der Waals surface area contributed by atoms with Gasteiger partial charge >= 0.3 is 5.97 Å². The van der Waals surface area contributed by atoms with Crippen molar-refractivity contribution in [2.75, 3.05) is 13.7 Å². The maximum Gasteiger partial charge on any atom is 0.322 e. The van der Waals surface area contributed by atoms with Crippen LogP contribution in [0.1, 0.15) is 31.7 Å². The highest BCUT2D eigenvalue weighted by Gasteiger charge is 2.35. The molecule has 1 fully saturated rings. The van der Waals surface area contributed by atoms with E-state index in [1.165, 1.54) is 7.11 Å². The molecule has 1 aromatic rings. The van der Waals surface area contributed by atoms with Crippen molar-refractivity contribution in [2.24, 2.45) is 0 Å². The molecule has 1 aliphatic rings. The maximum absolute atomic E-state index is 11.9. The van der Waals surface area contributed by atoms with Crippen molar-refractivity contribution in [3.63, 3.8) is 0 Å². The lowest BCUT2D eigenvalue weighted by atomic mass is 10.1. The minimum absolute atomic E-state index is 0.206. The van der Waals surface area contributed by atoms with Gasteiger partial charge in [-0.3, -0.25) is 9.69 Å². The smallest absolute Gasteiger partial charge is 0.322 e. The van der Waals surface area contributed by atoms with E-state index in [4.69, 9.17) is 9.47 Å². The van der Waals surface area contributed by atoms with Gasteiger partial charge in [0, 0.05) is 0 Å². The molecule has 23 heavy (non-hydrogen) atoms. The standard InChI is InChI=1S/C18H25NO4/c1-14(18(21)22-2)19-11-7-6-10-17(16(19)12-20)23-13-15-8-4-3-5-9-15/h3-5,8-9,12,14,16-17H,6-7,10-11,13H2,1-2H3. The first kappa shape index (κ1) is 17.6. The topological polar surface area (TPSA) is 55.8 Å². The second kappa shape index (κ2) is 8.79. The molecule has 1 aromatic carbocycles. The summed E-state index contributed by atoms with van der Waals surface area (Å²) in [5.41, 5.74) is 1.08. The highest BCUT2D eigenvalue weighted by Crippen LogP contribution is 2.22. The van der Waals surface area contributed by atoms with Crippen molar-refractivity contribution in [1.82, 2.24) is 4.90 Å². The molecule has 0 radical (unpaired) electrons. The van der Waals surface area contributed by atoms with Crippen LogP contribution in [-0.4, -0.2) is 49.0 Å². The molecule has 0 spiro atoms. The van der Waals surface area contributed by atoms with Crippen LogP contribution < -0.4 is 0 Å². The maximum atomic E-state index is 11.9. The number of rotatable bonds is 6. The van der Waals surface area contributed by atoms with Crippen molar-refractivity contribution >= 4 is 12.3 Å². The Kier molecular flexibility index (Phi) is 6.74. The van der Waals surface area contributed by atoms with Crippen LogP contribution in [0, 0.1) is 0 Å². The number of ether oxygens (including phenoxy) is 2. The molecule has 1 heterocycles. The van der Waals surface area contributed by atoms with Gasteiger partial charge in [-0.2, -0.15) is 0 Å². The van der Waals surface area contributed by atoms with Crippen molar-refractivity contribution in [1.29, 1.82) is 0 Å². The Balaban J connectivity index is 2.07. The summed E-state index contributed by atoms with van der Waals surface area (Å²) in [4.78, 5) is 25.4. The summed E-state index contributed by atoms with van der Waals surface area (Å²) < 4.78 is 10.8. The molecule has 0 bridgehead atoms. The summed E-state index contributed by atoms with van der Waals surface area (Å²) in [6.45, 7) is 2.95. The van der Waals surface area contributed by atoms with E-state index < -0.39 is 12.1 Å². The fraction of sp³-hybridized carbons (Fsp3) is 0.556. The first-order valence-corrected chi connectivity index (χ1v) is 8.11. The Hall–Kier alpha value is -1.72. The minimum Gasteiger partial charge on any atom is -0.468 e. The van der Waals surface area contributed by atoms with Gasteiger partial charge in [0.25, 0.3) is 0 Å². The Morgan fingerprint density at radius 1 is 1.35 bits per heavy atom. The zero-order chi connectivity index (χ0) is 16.7. The summed E-state index contributed by atoms with van der Waals surface area (Å²) in [5.74, 6) is -0.319. The largest absolute Gasteiger partial charge is 0.468 e. The van der Waals surface area contributed by atoms with Crippen LogP contribution in [0.25, 0.3) is 0 Å². The van der Waals surface area contributed by atoms with Crippen molar-refractivity contribution < 1.29 is 19.1 Å². The number of esters is 1. The highest BCUT2D eigenvalue weighted by molar-refractivity contribution is 5.76. The number of hydrogen-bond donors (Lipinski definition) is 0. The number of hydrogen-bond acceptors (Lipinski definition) is 5. The zero-order valence-corrected chi connectivity index (χ0v) is 13.8. The minimum atomic E-state index is -0.448. The van der Waals surface area contributed by atoms with Gasteiger partial charge in [0.2, 0.25) is 0 Å². The summed E-state index contributed by atoms with van der Waals surface area (Å²) in [7, 11) is 1.37. The number of likely N-dealkylation sites (tertiary alicyclic amines) is 1. The molecule has 0 N–H and O–H groups in total. The van der Waals surface area contributed by atoms with E-state index in [0.717, 1.165) is 31.1 Å². The average molecular weight is 319 g/mol. The van der Waals surface area contributed by atoms with Gasteiger partial charge in [0.1, 0.15) is 12.3 Å². The first-order valence-electron chi connectivity index (χ1n) is 8.11. The third kappa shape index (κ3) is 4.62. The SMILES string of the molecule is COC(=O)C(C)N1CCCCC(OCc2ccccc2)C1C=O. The number of carbonyl (C=O) groups excluding carboxylic acids is 2. The lowest BCUT2D eigenvalue weighted by Gasteiger charge is -2.34. The van der Waals surface area contributed by atoms with E-state index in [1.54, 1.807) is 6.92 Å². The summed E-state index contributed by atoms with van der Waals surface area (Å²) in [6.07, 6.45) is 3.44. The number of methoxy groups -OCH3 is 1. The van der Waals surface area contributed by atoms with Gasteiger partial charge < -0.3 is 14.3 Å². The third-order valence-electron chi connectivity index (χ3n) is 4.40. The molecule has 0 aromatic heterocycles. The summed E-state index contributed by atoms with van der Waals surface area (Å²) in [6, 6.07) is 9.03. The molecule has 1 aliphatic heterocycles. The molecule has 126 valence electrons. The van der Waals surface area contributed by atoms with Gasteiger partial charge in [0.15, 0.2) is 0 Å². The Labute approximate surface area is 137 Å². The Morgan fingerprint density at radius 2 is 2.09 bits per heavy atom. The van der Waals surface area contributed by atoms with Crippen LogP contribution in [0.15, 0.2) is 30.3 Å². The first-order chi connectivity index (χ1) is 11.2. The van der Waals surface area contributed by atoms with E-state index in [1.807, 2.05) is 35.2 Å². The van der Waals surface area contributed by atoms with Crippen molar-refractivity contribution in [3.8, 4) is 0 Å². The van der Waals surface area contributed by atoms with Crippen LogP contribution in [0.4, 0.5) is 0 Å². The van der Waals surface area contributed by atoms with Crippen LogP contribution in [0.2, 0.25) is 0 Å². The van der Waals surface area contributed by atoms with E-state index in [-0.39, 0.29) is 12.1 Å². The van der Waals surface area contributed by atoms with Gasteiger partial charge in [-0.05, 0) is 38.3 Å². The van der Waals surface area contributed by atoms with Crippen LogP contribution in [0.5, 0.6) is 0 Å². The second-order valence-electron chi connectivity index (χ2n) is 5.89. The lowest BCUT2D eigenvalue weighted by molar-refractivity contribution is -0.149. The molecule has 3 atom stereocenters. The zero-order valence-electron chi connectivity index (χ0n) is 13.8. The molecule has 5 nitrogen and oxygen atoms in total. The normalized spacial score (nSPS) is 23.7. The molecule has 1 saturated heterocycles. The molecular formula is C18H25NO4. The van der Waals surface area contributed by atoms with E-state index in [9.17, 15) is 9.59 Å². The van der Waals surface area contributed by atoms with Gasteiger partial charge in [-0.25, -0.2) is 0 Å². The average Bonchev–Trinajstić information content (AvgIpc) is 2.81. The number of nitrogens with zero attached hydrogens (tertiary/aromatic N) is 1. The fourth-order valence-corrected chi connectivity index (χ4v) is 3.06. The molecule has 0 aliphatic carbocycles. The number of benzene rings is 1. The summed E-state index contributed by atoms with van der Waals surface area (Å²) in [5, 5.41) is 0. The van der Waals surface area contributed by atoms with E-state index in [2.05, 4.69) is 0 Å². The number of aldehydes is 1. The molecule has 0 saturated carbocycles. The molecule has 5 heteroatoms. The van der Waals surface area contributed by atoms with Crippen molar-refractivity contribution in [2.45, 2.75) is 51.0 Å². The quantitative estimate of drug-likeness (QED) is 0.594.